The topological polar surface area (TPSA) is 102 Å². The molecule has 162 valence electrons. The number of nitro groups is 1. The Labute approximate surface area is 189 Å². The molecule has 0 fully saturated rings. The number of hydrogen-bond donors (Lipinski definition) is 1. The molecule has 7 nitrogen and oxygen atoms in total. The zero-order valence-electron chi connectivity index (χ0n) is 17.9. The van der Waals surface area contributed by atoms with Gasteiger partial charge in [-0.25, -0.2) is 4.98 Å². The summed E-state index contributed by atoms with van der Waals surface area (Å²) in [5.41, 5.74) is 5.74. The highest BCUT2D eigenvalue weighted by Crippen LogP contribution is 2.40. The van der Waals surface area contributed by atoms with E-state index in [1.807, 2.05) is 38.1 Å². The van der Waals surface area contributed by atoms with E-state index in [0.29, 0.717) is 17.1 Å². The number of nitrogens with zero attached hydrogens (tertiary/aromatic N) is 3. The molecular weight excluding hydrogens is 430 g/mol. The summed E-state index contributed by atoms with van der Waals surface area (Å²) < 4.78 is 5.89. The fourth-order valence-electron chi connectivity index (χ4n) is 3.50. The Balaban J connectivity index is 1.66. The van der Waals surface area contributed by atoms with Crippen LogP contribution in [0.25, 0.3) is 22.6 Å². The van der Waals surface area contributed by atoms with Crippen molar-refractivity contribution in [1.29, 1.82) is 0 Å². The first kappa shape index (κ1) is 21.5. The van der Waals surface area contributed by atoms with Gasteiger partial charge >= 0.3 is 5.69 Å². The summed E-state index contributed by atoms with van der Waals surface area (Å²) >= 11 is 6.23. The maximum Gasteiger partial charge on any atom is 0.315 e. The van der Waals surface area contributed by atoms with Crippen LogP contribution in [0.3, 0.4) is 0 Å². The number of phenolic OH excluding ortho intramolecular Hbond substituents is 1. The minimum Gasteiger partial charge on any atom is -0.502 e. The Morgan fingerprint density at radius 3 is 2.41 bits per heavy atom. The van der Waals surface area contributed by atoms with E-state index in [4.69, 9.17) is 16.0 Å². The smallest absolute Gasteiger partial charge is 0.315 e. The first-order valence-corrected chi connectivity index (χ1v) is 10.2. The van der Waals surface area contributed by atoms with Crippen LogP contribution < -0.4 is 0 Å². The number of hydrogen-bond acceptors (Lipinski definition) is 6. The van der Waals surface area contributed by atoms with Gasteiger partial charge in [0.25, 0.3) is 0 Å². The van der Waals surface area contributed by atoms with Gasteiger partial charge < -0.3 is 9.52 Å². The molecule has 0 bridgehead atoms. The molecule has 8 heteroatoms. The number of rotatable bonds is 4. The van der Waals surface area contributed by atoms with Crippen LogP contribution in [0.2, 0.25) is 5.02 Å². The number of nitro benzene ring substituents is 1. The van der Waals surface area contributed by atoms with Crippen molar-refractivity contribution in [3.05, 3.63) is 79.4 Å². The highest BCUT2D eigenvalue weighted by molar-refractivity contribution is 6.33. The molecule has 0 saturated carbocycles. The average molecular weight is 450 g/mol. The summed E-state index contributed by atoms with van der Waals surface area (Å²) in [5, 5.41) is 22.0. The van der Waals surface area contributed by atoms with Crippen LogP contribution in [-0.2, 0) is 0 Å². The Hall–Kier alpha value is -3.71. The van der Waals surface area contributed by atoms with Crippen molar-refractivity contribution in [3.63, 3.8) is 0 Å². The maximum absolute atomic E-state index is 11.3. The number of phenols is 1. The minimum atomic E-state index is -0.647. The molecule has 3 aromatic carbocycles. The second kappa shape index (κ2) is 8.09. The quantitative estimate of drug-likeness (QED) is 0.211. The number of aromatic hydroxyl groups is 1. The van der Waals surface area contributed by atoms with Crippen LogP contribution in [0.4, 0.5) is 11.4 Å². The number of fused-ring (bicyclic) bond motifs is 1. The van der Waals surface area contributed by atoms with Gasteiger partial charge in [0, 0.05) is 22.9 Å². The number of halogens is 1. The van der Waals surface area contributed by atoms with Crippen molar-refractivity contribution in [1.82, 2.24) is 4.98 Å². The minimum absolute atomic E-state index is 0.209. The van der Waals surface area contributed by atoms with Crippen molar-refractivity contribution in [2.24, 2.45) is 4.99 Å². The molecule has 0 spiro atoms. The van der Waals surface area contributed by atoms with Crippen LogP contribution in [0, 0.1) is 37.8 Å². The van der Waals surface area contributed by atoms with Crippen LogP contribution in [0.15, 0.2) is 45.8 Å². The molecule has 4 rings (SSSR count). The highest BCUT2D eigenvalue weighted by Gasteiger charge is 2.25. The third kappa shape index (κ3) is 3.71. The zero-order valence-corrected chi connectivity index (χ0v) is 18.7. The molecule has 1 heterocycles. The van der Waals surface area contributed by atoms with E-state index in [1.165, 1.54) is 13.1 Å². The van der Waals surface area contributed by atoms with E-state index in [1.54, 1.807) is 19.1 Å². The van der Waals surface area contributed by atoms with E-state index < -0.39 is 16.4 Å². The molecule has 0 aliphatic rings. The first-order chi connectivity index (χ1) is 15.2. The van der Waals surface area contributed by atoms with Gasteiger partial charge in [-0.15, -0.1) is 0 Å². The molecule has 0 atom stereocenters. The summed E-state index contributed by atoms with van der Waals surface area (Å²) in [6.45, 7) is 7.24. The van der Waals surface area contributed by atoms with Gasteiger partial charge in [0.05, 0.1) is 15.6 Å². The summed E-state index contributed by atoms with van der Waals surface area (Å²) in [5.74, 6) is 0.0572. The van der Waals surface area contributed by atoms with Crippen LogP contribution in [-0.4, -0.2) is 21.2 Å². The summed E-state index contributed by atoms with van der Waals surface area (Å²) in [6.07, 6.45) is 1.38. The van der Waals surface area contributed by atoms with Crippen molar-refractivity contribution >= 4 is 40.3 Å². The van der Waals surface area contributed by atoms with Crippen molar-refractivity contribution in [3.8, 4) is 17.2 Å². The molecule has 0 aliphatic carbocycles. The average Bonchev–Trinajstić information content (AvgIpc) is 3.15. The van der Waals surface area contributed by atoms with E-state index in [-0.39, 0.29) is 16.1 Å². The standard InChI is InChI=1S/C24H20ClN3O4/c1-12-9-19-20(10-13(12)2)32-24(27-19)16-5-7-17(8-6-16)26-11-18-14(3)21(25)15(4)22(23(18)29)28(30)31/h5-11,29H,1-4H3. The Morgan fingerprint density at radius 2 is 1.75 bits per heavy atom. The first-order valence-electron chi connectivity index (χ1n) is 9.85. The number of oxazole rings is 1. The third-order valence-corrected chi connectivity index (χ3v) is 6.11. The third-order valence-electron chi connectivity index (χ3n) is 5.54. The van der Waals surface area contributed by atoms with Gasteiger partial charge in [-0.2, -0.15) is 0 Å². The van der Waals surface area contributed by atoms with Gasteiger partial charge in [-0.3, -0.25) is 15.1 Å². The van der Waals surface area contributed by atoms with E-state index >= 15 is 0 Å². The molecule has 0 amide bonds. The number of benzene rings is 3. The lowest BCUT2D eigenvalue weighted by Gasteiger charge is -2.10. The van der Waals surface area contributed by atoms with Crippen LogP contribution in [0.1, 0.15) is 27.8 Å². The molecule has 1 aromatic heterocycles. The lowest BCUT2D eigenvalue weighted by atomic mass is 10.0. The monoisotopic (exact) mass is 449 g/mol. The van der Waals surface area contributed by atoms with Gasteiger partial charge in [0.1, 0.15) is 5.52 Å². The number of aliphatic imine (C=N–C) groups is 1. The predicted molar refractivity (Wildman–Crippen MR) is 125 cm³/mol. The molecule has 0 aliphatic heterocycles. The molecule has 0 radical (unpaired) electrons. The molecular formula is C24H20ClN3O4. The van der Waals surface area contributed by atoms with E-state index in [0.717, 1.165) is 27.8 Å². The largest absolute Gasteiger partial charge is 0.502 e. The zero-order chi connectivity index (χ0) is 23.2. The van der Waals surface area contributed by atoms with Crippen molar-refractivity contribution < 1.29 is 14.4 Å². The fourth-order valence-corrected chi connectivity index (χ4v) is 3.69. The molecule has 4 aromatic rings. The lowest BCUT2D eigenvalue weighted by molar-refractivity contribution is -0.386. The second-order valence-corrected chi connectivity index (χ2v) is 8.04. The SMILES string of the molecule is Cc1cc2nc(-c3ccc(N=Cc4c(C)c(Cl)c(C)c([N+](=O)[O-])c4O)cc3)oc2cc1C. The molecule has 1 N–H and O–H groups in total. The summed E-state index contributed by atoms with van der Waals surface area (Å²) in [4.78, 5) is 19.6. The maximum atomic E-state index is 11.3. The number of aromatic nitrogens is 1. The molecule has 0 unspecified atom stereocenters. The van der Waals surface area contributed by atoms with E-state index in [2.05, 4.69) is 9.98 Å². The lowest BCUT2D eigenvalue weighted by Crippen LogP contribution is -1.99. The molecule has 32 heavy (non-hydrogen) atoms. The van der Waals surface area contributed by atoms with Crippen LogP contribution in [0.5, 0.6) is 5.75 Å². The normalized spacial score (nSPS) is 11.5. The second-order valence-electron chi connectivity index (χ2n) is 7.66. The summed E-state index contributed by atoms with van der Waals surface area (Å²) in [6, 6.07) is 11.2. The van der Waals surface area contributed by atoms with Crippen molar-refractivity contribution in [2.45, 2.75) is 27.7 Å². The Morgan fingerprint density at radius 1 is 1.09 bits per heavy atom. The number of aryl methyl sites for hydroxylation is 2. The van der Waals surface area contributed by atoms with Gasteiger partial charge in [-0.05, 0) is 80.8 Å². The highest BCUT2D eigenvalue weighted by atomic mass is 35.5. The van der Waals surface area contributed by atoms with Gasteiger partial charge in [0.15, 0.2) is 5.58 Å². The van der Waals surface area contributed by atoms with Crippen molar-refractivity contribution in [2.75, 3.05) is 0 Å². The predicted octanol–water partition coefficient (Wildman–Crippen LogP) is 6.75. The molecule has 0 saturated heterocycles. The summed E-state index contributed by atoms with van der Waals surface area (Å²) in [7, 11) is 0. The van der Waals surface area contributed by atoms with Crippen LogP contribution >= 0.6 is 11.6 Å². The van der Waals surface area contributed by atoms with E-state index in [9.17, 15) is 15.2 Å². The van der Waals surface area contributed by atoms with Gasteiger partial charge in [0.2, 0.25) is 11.6 Å². The van der Waals surface area contributed by atoms with Gasteiger partial charge in [-0.1, -0.05) is 11.6 Å². The Kier molecular flexibility index (Phi) is 5.44. The Bertz CT molecular complexity index is 1370. The fraction of sp³-hybridized carbons (Fsp3) is 0.167.